The molecule has 0 unspecified atom stereocenters. The van der Waals surface area contributed by atoms with Crippen LogP contribution in [0, 0.1) is 26.6 Å². The van der Waals surface area contributed by atoms with Crippen LogP contribution in [0.3, 0.4) is 0 Å². The molecule has 0 radical (unpaired) electrons. The smallest absolute Gasteiger partial charge is 0.258 e. The van der Waals surface area contributed by atoms with Gasteiger partial charge in [-0.05, 0) is 44.5 Å². The maximum atomic E-state index is 13.7. The first-order chi connectivity index (χ1) is 9.81. The van der Waals surface area contributed by atoms with Crippen molar-refractivity contribution in [1.29, 1.82) is 0 Å². The van der Waals surface area contributed by atoms with Crippen LogP contribution in [0.4, 0.5) is 15.8 Å². The highest BCUT2D eigenvalue weighted by Crippen LogP contribution is 2.24. The zero-order valence-corrected chi connectivity index (χ0v) is 12.7. The molecule has 0 aliphatic carbocycles. The third-order valence-electron chi connectivity index (χ3n) is 3.65. The van der Waals surface area contributed by atoms with Gasteiger partial charge in [0.1, 0.15) is 5.82 Å². The number of nitrogens with two attached hydrogens (primary N) is 1. The molecule has 1 amide bonds. The third kappa shape index (κ3) is 2.89. The Kier molecular flexibility index (Phi) is 3.98. The second-order valence-electron chi connectivity index (χ2n) is 5.33. The molecule has 3 nitrogen and oxygen atoms in total. The van der Waals surface area contributed by atoms with Gasteiger partial charge >= 0.3 is 0 Å². The molecule has 4 heteroatoms. The lowest BCUT2D eigenvalue weighted by Crippen LogP contribution is -2.27. The fourth-order valence-electron chi connectivity index (χ4n) is 2.31. The minimum Gasteiger partial charge on any atom is -0.398 e. The van der Waals surface area contributed by atoms with E-state index in [9.17, 15) is 9.18 Å². The van der Waals surface area contributed by atoms with Crippen LogP contribution in [0.1, 0.15) is 27.0 Å². The lowest BCUT2D eigenvalue weighted by Gasteiger charge is -2.20. The number of benzene rings is 2. The van der Waals surface area contributed by atoms with Gasteiger partial charge in [-0.25, -0.2) is 4.39 Å². The summed E-state index contributed by atoms with van der Waals surface area (Å²) in [5, 5.41) is 0. The number of aryl methyl sites for hydroxylation is 2. The lowest BCUT2D eigenvalue weighted by molar-refractivity contribution is 0.0992. The number of carbonyl (C=O) groups excluding carboxylic acids is 1. The van der Waals surface area contributed by atoms with Gasteiger partial charge < -0.3 is 10.6 Å². The summed E-state index contributed by atoms with van der Waals surface area (Å²) in [6, 6.07) is 8.57. The van der Waals surface area contributed by atoms with Crippen molar-refractivity contribution in [3.63, 3.8) is 0 Å². The van der Waals surface area contributed by atoms with Crippen LogP contribution in [0.2, 0.25) is 0 Å². The van der Waals surface area contributed by atoms with Gasteiger partial charge in [0.05, 0.1) is 0 Å². The predicted octanol–water partition coefficient (Wildman–Crippen LogP) is 3.61. The fourth-order valence-corrected chi connectivity index (χ4v) is 2.31. The zero-order valence-electron chi connectivity index (χ0n) is 12.7. The molecule has 0 bridgehead atoms. The van der Waals surface area contributed by atoms with Gasteiger partial charge in [0.2, 0.25) is 0 Å². The van der Waals surface area contributed by atoms with Crippen molar-refractivity contribution in [2.24, 2.45) is 0 Å². The number of hydrogen-bond acceptors (Lipinski definition) is 2. The largest absolute Gasteiger partial charge is 0.398 e. The minimum absolute atomic E-state index is 0.248. The first-order valence-electron chi connectivity index (χ1n) is 6.72. The van der Waals surface area contributed by atoms with Crippen LogP contribution in [0.15, 0.2) is 30.3 Å². The summed E-state index contributed by atoms with van der Waals surface area (Å²) in [6.45, 7) is 5.53. The molecule has 2 rings (SSSR count). The van der Waals surface area contributed by atoms with Crippen molar-refractivity contribution in [3.8, 4) is 0 Å². The molecular formula is C17H19FN2O. The van der Waals surface area contributed by atoms with Crippen molar-refractivity contribution in [2.75, 3.05) is 17.7 Å². The van der Waals surface area contributed by atoms with E-state index < -0.39 is 5.82 Å². The SMILES string of the molecule is Cc1ccc(N(C)C(=O)c2cc(N)c(C)c(F)c2)c(C)c1. The van der Waals surface area contributed by atoms with Crippen LogP contribution >= 0.6 is 0 Å². The van der Waals surface area contributed by atoms with E-state index in [1.54, 1.807) is 14.0 Å². The third-order valence-corrected chi connectivity index (χ3v) is 3.65. The predicted molar refractivity (Wildman–Crippen MR) is 84.2 cm³/mol. The molecule has 0 aromatic heterocycles. The molecule has 0 spiro atoms. The Hall–Kier alpha value is -2.36. The molecule has 0 aliphatic heterocycles. The van der Waals surface area contributed by atoms with E-state index in [-0.39, 0.29) is 17.2 Å². The molecule has 0 atom stereocenters. The minimum atomic E-state index is -0.465. The van der Waals surface area contributed by atoms with E-state index in [0.29, 0.717) is 5.56 Å². The Morgan fingerprint density at radius 2 is 1.81 bits per heavy atom. The van der Waals surface area contributed by atoms with Gasteiger partial charge in [0.15, 0.2) is 0 Å². The quantitative estimate of drug-likeness (QED) is 0.857. The molecule has 21 heavy (non-hydrogen) atoms. The molecule has 0 aliphatic rings. The van der Waals surface area contributed by atoms with Crippen molar-refractivity contribution in [3.05, 3.63) is 58.4 Å². The molecule has 2 aromatic rings. The fraction of sp³-hybridized carbons (Fsp3) is 0.235. The summed E-state index contributed by atoms with van der Waals surface area (Å²) in [7, 11) is 1.67. The second-order valence-corrected chi connectivity index (χ2v) is 5.33. The molecule has 0 saturated carbocycles. The van der Waals surface area contributed by atoms with E-state index in [4.69, 9.17) is 5.73 Å². The maximum Gasteiger partial charge on any atom is 0.258 e. The number of carbonyl (C=O) groups is 1. The molecule has 110 valence electrons. The van der Waals surface area contributed by atoms with Crippen LogP contribution in [0.25, 0.3) is 0 Å². The van der Waals surface area contributed by atoms with E-state index in [1.165, 1.54) is 17.0 Å². The maximum absolute atomic E-state index is 13.7. The summed E-state index contributed by atoms with van der Waals surface area (Å²) in [4.78, 5) is 14.0. The number of hydrogen-bond donors (Lipinski definition) is 1. The topological polar surface area (TPSA) is 46.3 Å². The Balaban J connectivity index is 2.39. The molecule has 0 heterocycles. The molecule has 0 saturated heterocycles. The lowest BCUT2D eigenvalue weighted by atomic mass is 10.1. The van der Waals surface area contributed by atoms with E-state index in [1.807, 2.05) is 32.0 Å². The zero-order chi connectivity index (χ0) is 15.7. The van der Waals surface area contributed by atoms with Gasteiger partial charge in [0, 0.05) is 29.5 Å². The summed E-state index contributed by atoms with van der Waals surface area (Å²) in [5.74, 6) is -0.750. The van der Waals surface area contributed by atoms with Gasteiger partial charge in [-0.15, -0.1) is 0 Å². The number of nitrogens with zero attached hydrogens (tertiary/aromatic N) is 1. The molecule has 2 aromatic carbocycles. The highest BCUT2D eigenvalue weighted by atomic mass is 19.1. The van der Waals surface area contributed by atoms with Crippen LogP contribution in [-0.4, -0.2) is 13.0 Å². The first kappa shape index (κ1) is 15.0. The highest BCUT2D eigenvalue weighted by Gasteiger charge is 2.17. The Morgan fingerprint density at radius 3 is 2.38 bits per heavy atom. The normalized spacial score (nSPS) is 10.5. The number of anilines is 2. The van der Waals surface area contributed by atoms with Crippen LogP contribution in [-0.2, 0) is 0 Å². The van der Waals surface area contributed by atoms with Crippen molar-refractivity contribution in [1.82, 2.24) is 0 Å². The van der Waals surface area contributed by atoms with E-state index >= 15 is 0 Å². The standard InChI is InChI=1S/C17H19FN2O/c1-10-5-6-16(11(2)7-10)20(4)17(21)13-8-14(18)12(3)15(19)9-13/h5-9H,19H2,1-4H3. The van der Waals surface area contributed by atoms with Crippen LogP contribution < -0.4 is 10.6 Å². The van der Waals surface area contributed by atoms with Gasteiger partial charge in [-0.2, -0.15) is 0 Å². The first-order valence-corrected chi connectivity index (χ1v) is 6.72. The monoisotopic (exact) mass is 286 g/mol. The van der Waals surface area contributed by atoms with Gasteiger partial charge in [-0.1, -0.05) is 17.7 Å². The second kappa shape index (κ2) is 5.56. The summed E-state index contributed by atoms with van der Waals surface area (Å²) in [5.41, 5.74) is 9.55. The number of nitrogen functional groups attached to an aromatic ring is 1. The van der Waals surface area contributed by atoms with Crippen molar-refractivity contribution >= 4 is 17.3 Å². The summed E-state index contributed by atoms with van der Waals surface area (Å²) in [6.07, 6.45) is 0. The summed E-state index contributed by atoms with van der Waals surface area (Å²) < 4.78 is 13.7. The van der Waals surface area contributed by atoms with Crippen molar-refractivity contribution < 1.29 is 9.18 Å². The number of rotatable bonds is 2. The molecular weight excluding hydrogens is 267 g/mol. The van der Waals surface area contributed by atoms with E-state index in [2.05, 4.69) is 0 Å². The molecule has 2 N–H and O–H groups in total. The van der Waals surface area contributed by atoms with Crippen LogP contribution in [0.5, 0.6) is 0 Å². The highest BCUT2D eigenvalue weighted by molar-refractivity contribution is 6.06. The Bertz CT molecular complexity index is 687. The summed E-state index contributed by atoms with van der Waals surface area (Å²) >= 11 is 0. The van der Waals surface area contributed by atoms with E-state index in [0.717, 1.165) is 16.8 Å². The average Bonchev–Trinajstić information content (AvgIpc) is 2.42. The van der Waals surface area contributed by atoms with Crippen molar-refractivity contribution in [2.45, 2.75) is 20.8 Å². The van der Waals surface area contributed by atoms with Gasteiger partial charge in [0.25, 0.3) is 5.91 Å². The number of halogens is 1. The average molecular weight is 286 g/mol. The Labute approximate surface area is 124 Å². The number of amides is 1. The Morgan fingerprint density at radius 1 is 1.14 bits per heavy atom. The molecule has 0 fully saturated rings. The van der Waals surface area contributed by atoms with Gasteiger partial charge in [-0.3, -0.25) is 4.79 Å².